The molecule has 1 aromatic heterocycles. The summed E-state index contributed by atoms with van der Waals surface area (Å²) in [6.07, 6.45) is 6.85. The summed E-state index contributed by atoms with van der Waals surface area (Å²) in [5.41, 5.74) is 3.13. The molecule has 0 aliphatic carbocycles. The lowest BCUT2D eigenvalue weighted by atomic mass is 9.74. The van der Waals surface area contributed by atoms with Crippen molar-refractivity contribution in [3.63, 3.8) is 0 Å². The van der Waals surface area contributed by atoms with Gasteiger partial charge in [0.25, 0.3) is 0 Å². The number of ether oxygens (including phenoxy) is 1. The normalized spacial score (nSPS) is 17.5. The second-order valence-electron chi connectivity index (χ2n) is 7.29. The highest BCUT2D eigenvalue weighted by Gasteiger charge is 2.40. The van der Waals surface area contributed by atoms with E-state index in [4.69, 9.17) is 4.74 Å². The van der Waals surface area contributed by atoms with E-state index >= 15 is 0 Å². The topological polar surface area (TPSA) is 51.2 Å². The molecule has 0 saturated carbocycles. The zero-order valence-electron chi connectivity index (χ0n) is 15.7. The van der Waals surface area contributed by atoms with Crippen LogP contribution in [0.25, 0.3) is 11.1 Å². The first-order valence-corrected chi connectivity index (χ1v) is 9.51. The molecule has 1 amide bonds. The monoisotopic (exact) mass is 352 g/mol. The second kappa shape index (κ2) is 8.45. The molecule has 0 spiro atoms. The van der Waals surface area contributed by atoms with E-state index in [0.29, 0.717) is 13.2 Å². The zero-order valence-corrected chi connectivity index (χ0v) is 15.7. The molecule has 1 aliphatic rings. The number of pyridine rings is 1. The van der Waals surface area contributed by atoms with Gasteiger partial charge in [-0.3, -0.25) is 9.78 Å². The maximum atomic E-state index is 13.1. The quantitative estimate of drug-likeness (QED) is 0.855. The molecule has 1 N–H and O–H groups in total. The highest BCUT2D eigenvalue weighted by Crippen LogP contribution is 2.36. The van der Waals surface area contributed by atoms with Crippen LogP contribution in [0.3, 0.4) is 0 Å². The maximum Gasteiger partial charge on any atom is 0.226 e. The number of benzene rings is 1. The minimum Gasteiger partial charge on any atom is -0.381 e. The summed E-state index contributed by atoms with van der Waals surface area (Å²) in [5.74, 6) is 0.171. The van der Waals surface area contributed by atoms with Gasteiger partial charge in [-0.15, -0.1) is 0 Å². The fourth-order valence-corrected chi connectivity index (χ4v) is 3.52. The van der Waals surface area contributed by atoms with Crippen molar-refractivity contribution in [3.05, 3.63) is 54.4 Å². The van der Waals surface area contributed by atoms with E-state index in [0.717, 1.165) is 36.8 Å². The van der Waals surface area contributed by atoms with Gasteiger partial charge in [-0.05, 0) is 61.4 Å². The summed E-state index contributed by atoms with van der Waals surface area (Å²) in [6.45, 7) is 5.46. The van der Waals surface area contributed by atoms with Crippen molar-refractivity contribution in [2.45, 2.75) is 45.6 Å². The van der Waals surface area contributed by atoms with Gasteiger partial charge < -0.3 is 10.1 Å². The average molecular weight is 352 g/mol. The molecule has 3 rings (SSSR count). The van der Waals surface area contributed by atoms with Crippen molar-refractivity contribution < 1.29 is 9.53 Å². The Kier molecular flexibility index (Phi) is 6.04. The summed E-state index contributed by atoms with van der Waals surface area (Å²) in [6, 6.07) is 12.7. The van der Waals surface area contributed by atoms with Crippen LogP contribution in [0.4, 0.5) is 0 Å². The van der Waals surface area contributed by atoms with Gasteiger partial charge in [0.2, 0.25) is 5.91 Å². The third kappa shape index (κ3) is 4.31. The highest BCUT2D eigenvalue weighted by atomic mass is 16.5. The Morgan fingerprint density at radius 3 is 2.62 bits per heavy atom. The molecule has 4 nitrogen and oxygen atoms in total. The lowest BCUT2D eigenvalue weighted by Gasteiger charge is -2.37. The molecule has 0 radical (unpaired) electrons. The molecule has 2 heterocycles. The number of hydrogen-bond donors (Lipinski definition) is 1. The number of hydrogen-bond acceptors (Lipinski definition) is 3. The minimum absolute atomic E-state index is 0.171. The fourth-order valence-electron chi connectivity index (χ4n) is 3.52. The molecule has 1 atom stereocenters. The number of nitrogens with one attached hydrogen (secondary N) is 1. The first-order chi connectivity index (χ1) is 12.6. The van der Waals surface area contributed by atoms with Gasteiger partial charge in [0.1, 0.15) is 0 Å². The first-order valence-electron chi connectivity index (χ1n) is 9.51. The second-order valence-corrected chi connectivity index (χ2v) is 7.29. The van der Waals surface area contributed by atoms with Crippen LogP contribution in [-0.2, 0) is 16.0 Å². The van der Waals surface area contributed by atoms with E-state index in [1.54, 1.807) is 0 Å². The van der Waals surface area contributed by atoms with Crippen LogP contribution in [0.2, 0.25) is 0 Å². The van der Waals surface area contributed by atoms with E-state index in [-0.39, 0.29) is 17.4 Å². The molecule has 1 fully saturated rings. The Bertz CT molecular complexity index is 724. The van der Waals surface area contributed by atoms with Crippen LogP contribution >= 0.6 is 0 Å². The molecule has 26 heavy (non-hydrogen) atoms. The van der Waals surface area contributed by atoms with E-state index in [1.807, 2.05) is 24.5 Å². The van der Waals surface area contributed by atoms with Crippen LogP contribution in [0.5, 0.6) is 0 Å². The third-order valence-corrected chi connectivity index (χ3v) is 5.40. The highest BCUT2D eigenvalue weighted by molar-refractivity contribution is 5.83. The summed E-state index contributed by atoms with van der Waals surface area (Å²) in [4.78, 5) is 17.2. The third-order valence-electron chi connectivity index (χ3n) is 5.40. The van der Waals surface area contributed by atoms with Gasteiger partial charge >= 0.3 is 0 Å². The Morgan fingerprint density at radius 1 is 1.19 bits per heavy atom. The number of rotatable bonds is 6. The van der Waals surface area contributed by atoms with Crippen LogP contribution in [0, 0.1) is 5.41 Å². The lowest BCUT2D eigenvalue weighted by Crippen LogP contribution is -2.48. The smallest absolute Gasteiger partial charge is 0.226 e. The molecule has 0 bridgehead atoms. The molecular weight excluding hydrogens is 324 g/mol. The van der Waals surface area contributed by atoms with Gasteiger partial charge in [-0.2, -0.15) is 0 Å². The molecule has 1 aromatic carbocycles. The minimum atomic E-state index is -0.376. The molecule has 1 saturated heterocycles. The summed E-state index contributed by atoms with van der Waals surface area (Å²) >= 11 is 0. The predicted octanol–water partition coefficient (Wildman–Crippen LogP) is 4.00. The van der Waals surface area contributed by atoms with Gasteiger partial charge in [-0.1, -0.05) is 31.2 Å². The van der Waals surface area contributed by atoms with Gasteiger partial charge in [0.05, 0.1) is 5.41 Å². The number of aromatic nitrogens is 1. The maximum absolute atomic E-state index is 13.1. The standard InChI is InChI=1S/C22H28N2O2/c1-3-17(2)24-21(25)22(9-13-26-14-10-22)16-18-5-4-6-20(15-18)19-7-11-23-12-8-19/h4-8,11-12,15,17H,3,9-10,13-14,16H2,1-2H3,(H,24,25)/t17-/m1/s1. The largest absolute Gasteiger partial charge is 0.381 e. The van der Waals surface area contributed by atoms with Crippen molar-refractivity contribution in [2.24, 2.45) is 5.41 Å². The van der Waals surface area contributed by atoms with E-state index in [2.05, 4.69) is 48.4 Å². The van der Waals surface area contributed by atoms with E-state index in [9.17, 15) is 4.79 Å². The Labute approximate surface area is 156 Å². The number of carbonyl (C=O) groups excluding carboxylic acids is 1. The van der Waals surface area contributed by atoms with E-state index < -0.39 is 0 Å². The van der Waals surface area contributed by atoms with Crippen molar-refractivity contribution >= 4 is 5.91 Å². The molecule has 4 heteroatoms. The van der Waals surface area contributed by atoms with Gasteiger partial charge in [-0.25, -0.2) is 0 Å². The Hall–Kier alpha value is -2.20. The summed E-state index contributed by atoms with van der Waals surface area (Å²) in [7, 11) is 0. The lowest BCUT2D eigenvalue weighted by molar-refractivity contribution is -0.137. The van der Waals surface area contributed by atoms with Crippen LogP contribution in [-0.4, -0.2) is 30.1 Å². The Balaban J connectivity index is 1.84. The fraction of sp³-hybridized carbons (Fsp3) is 0.455. The molecule has 2 aromatic rings. The van der Waals surface area contributed by atoms with Gasteiger partial charge in [0.15, 0.2) is 0 Å². The summed E-state index contributed by atoms with van der Waals surface area (Å²) in [5, 5.41) is 3.20. The van der Waals surface area contributed by atoms with Gasteiger partial charge in [0, 0.05) is 31.6 Å². The molecule has 0 unspecified atom stereocenters. The molecular formula is C22H28N2O2. The number of carbonyl (C=O) groups is 1. The summed E-state index contributed by atoms with van der Waals surface area (Å²) < 4.78 is 5.55. The van der Waals surface area contributed by atoms with Crippen LogP contribution in [0.1, 0.15) is 38.7 Å². The zero-order chi connectivity index (χ0) is 18.4. The first kappa shape index (κ1) is 18.6. The van der Waals surface area contributed by atoms with Crippen molar-refractivity contribution in [1.29, 1.82) is 0 Å². The average Bonchev–Trinajstić information content (AvgIpc) is 2.69. The Morgan fingerprint density at radius 2 is 1.92 bits per heavy atom. The van der Waals surface area contributed by atoms with Crippen molar-refractivity contribution in [1.82, 2.24) is 10.3 Å². The van der Waals surface area contributed by atoms with Crippen molar-refractivity contribution in [2.75, 3.05) is 13.2 Å². The van der Waals surface area contributed by atoms with Crippen LogP contribution < -0.4 is 5.32 Å². The molecule has 1 aliphatic heterocycles. The van der Waals surface area contributed by atoms with Crippen molar-refractivity contribution in [3.8, 4) is 11.1 Å². The number of nitrogens with zero attached hydrogens (tertiary/aromatic N) is 1. The molecule has 138 valence electrons. The van der Waals surface area contributed by atoms with E-state index in [1.165, 1.54) is 5.56 Å². The number of amides is 1. The van der Waals surface area contributed by atoms with Crippen LogP contribution in [0.15, 0.2) is 48.8 Å². The SMILES string of the molecule is CC[C@@H](C)NC(=O)C1(Cc2cccc(-c3ccncc3)c2)CCOCC1. The predicted molar refractivity (Wildman–Crippen MR) is 104 cm³/mol.